The number of likely N-dealkylation sites (tertiary alicyclic amines) is 1. The molecule has 1 saturated carbocycles. The van der Waals surface area contributed by atoms with E-state index in [9.17, 15) is 22.8 Å². The summed E-state index contributed by atoms with van der Waals surface area (Å²) in [4.78, 5) is 37.2. The molecule has 2 N–H and O–H groups in total. The summed E-state index contributed by atoms with van der Waals surface area (Å²) in [5.74, 6) is -1.10. The van der Waals surface area contributed by atoms with Gasteiger partial charge < -0.3 is 30.1 Å². The van der Waals surface area contributed by atoms with Crippen molar-refractivity contribution in [3.8, 4) is 0 Å². The lowest BCUT2D eigenvalue weighted by Crippen LogP contribution is -2.60. The summed E-state index contributed by atoms with van der Waals surface area (Å²) < 4.78 is 48.9. The number of pyridine rings is 1. The van der Waals surface area contributed by atoms with Crippen LogP contribution in [-0.4, -0.2) is 96.1 Å². The molecular formula is C31H43F3N6O3. The Morgan fingerprint density at radius 1 is 1.16 bits per heavy atom. The molecule has 4 aliphatic rings. The van der Waals surface area contributed by atoms with Gasteiger partial charge in [0.05, 0.1) is 5.70 Å². The average molecular weight is 605 g/mol. The van der Waals surface area contributed by atoms with Crippen molar-refractivity contribution in [2.75, 3.05) is 46.4 Å². The zero-order valence-corrected chi connectivity index (χ0v) is 25.3. The van der Waals surface area contributed by atoms with Crippen molar-refractivity contribution < 1.29 is 27.5 Å². The van der Waals surface area contributed by atoms with E-state index in [-0.39, 0.29) is 43.9 Å². The molecule has 1 aromatic rings. The molecule has 5 rings (SSSR count). The number of rotatable bonds is 9. The minimum Gasteiger partial charge on any atom is -0.363 e. The summed E-state index contributed by atoms with van der Waals surface area (Å²) in [6, 6.07) is 3.67. The maximum Gasteiger partial charge on any atom is 0.403 e. The molecule has 3 aliphatic heterocycles. The van der Waals surface area contributed by atoms with Gasteiger partial charge in [-0.2, -0.15) is 13.2 Å². The van der Waals surface area contributed by atoms with E-state index in [0.717, 1.165) is 18.5 Å². The molecule has 236 valence electrons. The Hall–Kier alpha value is -3.12. The Morgan fingerprint density at radius 3 is 2.51 bits per heavy atom. The van der Waals surface area contributed by atoms with Crippen LogP contribution in [0, 0.1) is 5.41 Å². The van der Waals surface area contributed by atoms with Crippen LogP contribution in [0.25, 0.3) is 0 Å². The van der Waals surface area contributed by atoms with E-state index >= 15 is 0 Å². The van der Waals surface area contributed by atoms with E-state index < -0.39 is 23.2 Å². The van der Waals surface area contributed by atoms with Crippen molar-refractivity contribution >= 4 is 11.8 Å². The first-order chi connectivity index (χ1) is 20.5. The molecule has 2 saturated heterocycles. The van der Waals surface area contributed by atoms with Crippen molar-refractivity contribution in [2.24, 2.45) is 5.41 Å². The minimum atomic E-state index is -4.58. The monoisotopic (exact) mass is 604 g/mol. The third-order valence-corrected chi connectivity index (χ3v) is 9.63. The number of piperazine rings is 1. The van der Waals surface area contributed by atoms with Crippen LogP contribution in [-0.2, 0) is 20.1 Å². The number of nitrogens with one attached hydrogen (secondary N) is 2. The standard InChI is InChI=1S/C31H43F3N6O3/c1-4-23-21-39(28(42)29(31(32,33)34)12-6-7-13-29)17-18-40(23)25-10-14-30(43-5-2,22-9-8-15-35-19-22)37-26(25)27(41)36-20-24-11-16-38(24)3/h8-10,14-15,19,23-24,37H,4-7,11-13,16-18,20-21H2,1-3H3,(H,36,41)/t23-,24-,30?/m1/s1. The number of alkyl halides is 3. The van der Waals surface area contributed by atoms with Gasteiger partial charge in [-0.1, -0.05) is 25.8 Å². The van der Waals surface area contributed by atoms with E-state index in [0.29, 0.717) is 50.4 Å². The van der Waals surface area contributed by atoms with E-state index in [1.165, 1.54) is 4.90 Å². The second-order valence-electron chi connectivity index (χ2n) is 12.1. The number of carbonyl (C=O) groups excluding carboxylic acids is 2. The van der Waals surface area contributed by atoms with Crippen LogP contribution in [0.2, 0.25) is 0 Å². The fourth-order valence-electron chi connectivity index (χ4n) is 6.86. The highest BCUT2D eigenvalue weighted by Gasteiger charge is 2.62. The summed E-state index contributed by atoms with van der Waals surface area (Å²) in [7, 11) is 2.02. The Kier molecular flexibility index (Phi) is 9.08. The molecule has 9 nitrogen and oxygen atoms in total. The second kappa shape index (κ2) is 12.5. The zero-order valence-electron chi connectivity index (χ0n) is 25.3. The first kappa shape index (κ1) is 31.3. The van der Waals surface area contributed by atoms with Crippen LogP contribution < -0.4 is 10.6 Å². The topological polar surface area (TPSA) is 90.0 Å². The summed E-state index contributed by atoms with van der Waals surface area (Å²) in [6.45, 7) is 6.27. The number of aromatic nitrogens is 1. The molecule has 3 atom stereocenters. The predicted octanol–water partition coefficient (Wildman–Crippen LogP) is 3.51. The molecule has 43 heavy (non-hydrogen) atoms. The van der Waals surface area contributed by atoms with Crippen molar-refractivity contribution in [1.29, 1.82) is 0 Å². The molecule has 12 heteroatoms. The molecule has 1 unspecified atom stereocenters. The van der Waals surface area contributed by atoms with E-state index in [2.05, 4.69) is 20.5 Å². The normalized spacial score (nSPS) is 27.6. The third kappa shape index (κ3) is 5.87. The second-order valence-corrected chi connectivity index (χ2v) is 12.1. The number of dihydropyridines is 1. The maximum atomic E-state index is 14.2. The maximum absolute atomic E-state index is 14.2. The van der Waals surface area contributed by atoms with Gasteiger partial charge in [0.2, 0.25) is 5.91 Å². The Morgan fingerprint density at radius 2 is 1.93 bits per heavy atom. The van der Waals surface area contributed by atoms with Crippen molar-refractivity contribution in [2.45, 2.75) is 76.4 Å². The van der Waals surface area contributed by atoms with E-state index in [1.807, 2.05) is 44.0 Å². The lowest BCUT2D eigenvalue weighted by atomic mass is 9.83. The van der Waals surface area contributed by atoms with Crippen molar-refractivity contribution in [3.05, 3.63) is 53.6 Å². The molecular weight excluding hydrogens is 561 g/mol. The highest BCUT2D eigenvalue weighted by Crippen LogP contribution is 2.52. The van der Waals surface area contributed by atoms with Gasteiger partial charge in [0, 0.05) is 62.8 Å². The fraction of sp³-hybridized carbons (Fsp3) is 0.645. The highest BCUT2D eigenvalue weighted by atomic mass is 19.4. The van der Waals surface area contributed by atoms with Crippen LogP contribution in [0.1, 0.15) is 57.9 Å². The number of ether oxygens (including phenoxy) is 1. The van der Waals surface area contributed by atoms with Gasteiger partial charge in [0.1, 0.15) is 11.1 Å². The van der Waals surface area contributed by atoms with Gasteiger partial charge in [-0.25, -0.2) is 0 Å². The molecule has 1 aliphatic carbocycles. The summed E-state index contributed by atoms with van der Waals surface area (Å²) >= 11 is 0. The van der Waals surface area contributed by atoms with Gasteiger partial charge in [-0.05, 0) is 64.4 Å². The zero-order chi connectivity index (χ0) is 30.8. The Labute approximate surface area is 251 Å². The predicted molar refractivity (Wildman–Crippen MR) is 155 cm³/mol. The number of carbonyl (C=O) groups is 2. The number of amides is 2. The smallest absolute Gasteiger partial charge is 0.363 e. The lowest BCUT2D eigenvalue weighted by Gasteiger charge is -2.47. The molecule has 0 radical (unpaired) electrons. The van der Waals surface area contributed by atoms with Gasteiger partial charge in [-0.15, -0.1) is 0 Å². The average Bonchev–Trinajstić information content (AvgIpc) is 3.52. The number of likely N-dealkylation sites (N-methyl/N-ethyl adjacent to an activating group) is 1. The first-order valence-corrected chi connectivity index (χ1v) is 15.4. The third-order valence-electron chi connectivity index (χ3n) is 9.63. The van der Waals surface area contributed by atoms with E-state index in [1.54, 1.807) is 18.5 Å². The molecule has 1 aromatic heterocycles. The quantitative estimate of drug-likeness (QED) is 0.446. The number of hydrogen-bond donors (Lipinski definition) is 2. The molecule has 0 bridgehead atoms. The van der Waals surface area contributed by atoms with Crippen LogP contribution in [0.15, 0.2) is 48.1 Å². The number of allylic oxidation sites excluding steroid dienone is 1. The summed E-state index contributed by atoms with van der Waals surface area (Å²) in [6.07, 6.45) is 4.58. The Balaban J connectivity index is 1.44. The van der Waals surface area contributed by atoms with Gasteiger partial charge >= 0.3 is 6.18 Å². The molecule has 2 amide bonds. The van der Waals surface area contributed by atoms with Crippen LogP contribution >= 0.6 is 0 Å². The number of halogens is 3. The van der Waals surface area contributed by atoms with Crippen molar-refractivity contribution in [1.82, 2.24) is 30.3 Å². The van der Waals surface area contributed by atoms with Gasteiger partial charge in [0.25, 0.3) is 5.91 Å². The van der Waals surface area contributed by atoms with Gasteiger partial charge in [-0.3, -0.25) is 14.6 Å². The first-order valence-electron chi connectivity index (χ1n) is 15.4. The largest absolute Gasteiger partial charge is 0.403 e. The number of nitrogens with zero attached hydrogens (tertiary/aromatic N) is 4. The molecule has 4 heterocycles. The van der Waals surface area contributed by atoms with Crippen LogP contribution in [0.3, 0.4) is 0 Å². The highest BCUT2D eigenvalue weighted by molar-refractivity contribution is 5.94. The minimum absolute atomic E-state index is 0.144. The fourth-order valence-corrected chi connectivity index (χ4v) is 6.86. The summed E-state index contributed by atoms with van der Waals surface area (Å²) in [5.41, 5.74) is -1.74. The lowest BCUT2D eigenvalue weighted by molar-refractivity contribution is -0.226. The Bertz CT molecular complexity index is 1230. The van der Waals surface area contributed by atoms with Crippen LogP contribution in [0.5, 0.6) is 0 Å². The van der Waals surface area contributed by atoms with Crippen LogP contribution in [0.4, 0.5) is 13.2 Å². The molecule has 0 spiro atoms. The number of hydrogen-bond acceptors (Lipinski definition) is 7. The summed E-state index contributed by atoms with van der Waals surface area (Å²) in [5, 5.41) is 6.47. The van der Waals surface area contributed by atoms with Gasteiger partial charge in [0.15, 0.2) is 5.72 Å². The molecule has 0 aromatic carbocycles. The van der Waals surface area contributed by atoms with E-state index in [4.69, 9.17) is 4.74 Å². The molecule has 3 fully saturated rings. The SMILES string of the molecule is CCOC1(c2cccnc2)C=CC(N2CCN(C(=O)C3(C(F)(F)F)CCCC3)C[C@H]2CC)=C(C(=O)NC[C@H]2CCN2C)N1. The van der Waals surface area contributed by atoms with Crippen molar-refractivity contribution in [3.63, 3.8) is 0 Å².